The summed E-state index contributed by atoms with van der Waals surface area (Å²) in [5, 5.41) is 6.35. The summed E-state index contributed by atoms with van der Waals surface area (Å²) in [6.45, 7) is 4.26. The number of hydrogen-bond donors (Lipinski definition) is 2. The van der Waals surface area contributed by atoms with E-state index in [2.05, 4.69) is 17.6 Å². The number of ether oxygens (including phenoxy) is 2. The zero-order valence-corrected chi connectivity index (χ0v) is 13.6. The molecule has 0 aromatic heterocycles. The number of nitrogens with one attached hydrogen (secondary N) is 2. The van der Waals surface area contributed by atoms with Gasteiger partial charge in [-0.15, -0.1) is 0 Å². The van der Waals surface area contributed by atoms with Crippen LogP contribution in [0.5, 0.6) is 11.5 Å². The van der Waals surface area contributed by atoms with E-state index in [4.69, 9.17) is 9.47 Å². The zero-order valence-electron chi connectivity index (χ0n) is 13.6. The van der Waals surface area contributed by atoms with Gasteiger partial charge in [0.05, 0.1) is 19.9 Å². The highest BCUT2D eigenvalue weighted by atomic mass is 16.5. The molecule has 122 valence electrons. The molecule has 2 N–H and O–H groups in total. The molecule has 0 spiro atoms. The minimum atomic E-state index is 0.0182. The van der Waals surface area contributed by atoms with Crippen LogP contribution < -0.4 is 20.1 Å². The average molecular weight is 306 g/mol. The number of carbonyl (C=O) groups is 1. The van der Waals surface area contributed by atoms with Crippen LogP contribution in [0.4, 0.5) is 5.69 Å². The fraction of sp³-hybridized carbons (Fsp3) is 0.588. The maximum atomic E-state index is 12.3. The summed E-state index contributed by atoms with van der Waals surface area (Å²) in [6, 6.07) is 5.39. The van der Waals surface area contributed by atoms with Crippen molar-refractivity contribution < 1.29 is 14.3 Å². The van der Waals surface area contributed by atoms with E-state index in [0.29, 0.717) is 35.4 Å². The second kappa shape index (κ2) is 8.03. The van der Waals surface area contributed by atoms with Gasteiger partial charge in [0.25, 0.3) is 0 Å². The highest BCUT2D eigenvalue weighted by Gasteiger charge is 2.22. The van der Waals surface area contributed by atoms with Crippen LogP contribution in [0.1, 0.15) is 26.2 Å². The molecule has 1 aromatic rings. The summed E-state index contributed by atoms with van der Waals surface area (Å²) >= 11 is 0. The Morgan fingerprint density at radius 3 is 2.86 bits per heavy atom. The molecular weight excluding hydrogens is 280 g/mol. The maximum absolute atomic E-state index is 12.3. The molecule has 22 heavy (non-hydrogen) atoms. The quantitative estimate of drug-likeness (QED) is 0.848. The highest BCUT2D eigenvalue weighted by Crippen LogP contribution is 2.30. The van der Waals surface area contributed by atoms with Gasteiger partial charge in [-0.05, 0) is 49.9 Å². The smallest absolute Gasteiger partial charge is 0.224 e. The van der Waals surface area contributed by atoms with Crippen molar-refractivity contribution in [3.05, 3.63) is 18.2 Å². The Morgan fingerprint density at radius 2 is 2.23 bits per heavy atom. The van der Waals surface area contributed by atoms with Crippen molar-refractivity contribution in [3.8, 4) is 11.5 Å². The van der Waals surface area contributed by atoms with Crippen LogP contribution in [0.2, 0.25) is 0 Å². The lowest BCUT2D eigenvalue weighted by atomic mass is 9.85. The first kappa shape index (κ1) is 16.6. The molecular formula is C17H26N2O3. The van der Waals surface area contributed by atoms with Crippen LogP contribution >= 0.6 is 0 Å². The van der Waals surface area contributed by atoms with Crippen molar-refractivity contribution in [1.29, 1.82) is 0 Å². The lowest BCUT2D eigenvalue weighted by Crippen LogP contribution is -2.34. The maximum Gasteiger partial charge on any atom is 0.224 e. The third-order valence-electron chi connectivity index (χ3n) is 4.33. The number of anilines is 1. The van der Waals surface area contributed by atoms with E-state index in [1.165, 1.54) is 12.8 Å². The second-order valence-corrected chi connectivity index (χ2v) is 5.90. The molecule has 0 aliphatic carbocycles. The van der Waals surface area contributed by atoms with Crippen molar-refractivity contribution in [2.45, 2.75) is 26.2 Å². The van der Waals surface area contributed by atoms with E-state index in [1.54, 1.807) is 26.4 Å². The third-order valence-corrected chi connectivity index (χ3v) is 4.33. The Morgan fingerprint density at radius 1 is 1.41 bits per heavy atom. The molecule has 0 radical (unpaired) electrons. The fourth-order valence-corrected chi connectivity index (χ4v) is 2.94. The molecule has 0 bridgehead atoms. The van der Waals surface area contributed by atoms with Crippen molar-refractivity contribution in [2.24, 2.45) is 11.8 Å². The number of piperidine rings is 1. The molecule has 2 unspecified atom stereocenters. The van der Waals surface area contributed by atoms with Crippen molar-refractivity contribution in [1.82, 2.24) is 5.32 Å². The Balaban J connectivity index is 1.96. The van der Waals surface area contributed by atoms with Gasteiger partial charge in [0, 0.05) is 12.5 Å². The monoisotopic (exact) mass is 306 g/mol. The number of hydrogen-bond acceptors (Lipinski definition) is 4. The first-order valence-corrected chi connectivity index (χ1v) is 7.86. The van der Waals surface area contributed by atoms with Gasteiger partial charge in [-0.2, -0.15) is 0 Å². The molecule has 1 heterocycles. The predicted octanol–water partition coefficient (Wildman–Crippen LogP) is 2.67. The Labute approximate surface area is 132 Å². The summed E-state index contributed by atoms with van der Waals surface area (Å²) in [5.41, 5.74) is 0.654. The fourth-order valence-electron chi connectivity index (χ4n) is 2.94. The minimum Gasteiger partial charge on any atom is -0.497 e. The van der Waals surface area contributed by atoms with Gasteiger partial charge in [0.2, 0.25) is 5.91 Å². The van der Waals surface area contributed by atoms with Crippen molar-refractivity contribution in [2.75, 3.05) is 32.6 Å². The lowest BCUT2D eigenvalue weighted by Gasteiger charge is -2.28. The number of methoxy groups -OCH3 is 2. The minimum absolute atomic E-state index is 0.0182. The summed E-state index contributed by atoms with van der Waals surface area (Å²) in [6.07, 6.45) is 2.91. The van der Waals surface area contributed by atoms with Crippen LogP contribution in [0.15, 0.2) is 18.2 Å². The molecule has 2 atom stereocenters. The van der Waals surface area contributed by atoms with E-state index < -0.39 is 0 Å². The molecule has 1 aliphatic heterocycles. The molecule has 1 saturated heterocycles. The van der Waals surface area contributed by atoms with Crippen LogP contribution in [-0.4, -0.2) is 33.2 Å². The number of amides is 1. The van der Waals surface area contributed by atoms with Gasteiger partial charge in [-0.25, -0.2) is 0 Å². The molecule has 1 aliphatic rings. The summed E-state index contributed by atoms with van der Waals surface area (Å²) in [7, 11) is 3.19. The lowest BCUT2D eigenvalue weighted by molar-refractivity contribution is -0.117. The second-order valence-electron chi connectivity index (χ2n) is 5.90. The summed E-state index contributed by atoms with van der Waals surface area (Å²) in [4.78, 5) is 12.3. The first-order chi connectivity index (χ1) is 10.6. The Bertz CT molecular complexity index is 499. The number of rotatable bonds is 6. The van der Waals surface area contributed by atoms with Crippen LogP contribution in [0.3, 0.4) is 0 Å². The van der Waals surface area contributed by atoms with Gasteiger partial charge >= 0.3 is 0 Å². The van der Waals surface area contributed by atoms with Crippen LogP contribution in [-0.2, 0) is 4.79 Å². The molecule has 1 aromatic carbocycles. The third kappa shape index (κ3) is 4.37. The first-order valence-electron chi connectivity index (χ1n) is 7.86. The average Bonchev–Trinajstić information content (AvgIpc) is 2.55. The Kier molecular flexibility index (Phi) is 6.07. The standard InChI is InChI=1S/C17H26N2O3/c1-12(13-5-4-8-18-11-13)9-17(20)19-15-10-14(21-2)6-7-16(15)22-3/h6-7,10,12-13,18H,4-5,8-9,11H2,1-3H3,(H,19,20). The molecule has 1 fully saturated rings. The van der Waals surface area contributed by atoms with Crippen LogP contribution in [0.25, 0.3) is 0 Å². The van der Waals surface area contributed by atoms with Crippen molar-refractivity contribution in [3.63, 3.8) is 0 Å². The normalized spacial score (nSPS) is 19.3. The van der Waals surface area contributed by atoms with Gasteiger partial charge in [-0.1, -0.05) is 6.92 Å². The van der Waals surface area contributed by atoms with E-state index in [-0.39, 0.29) is 5.91 Å². The van der Waals surface area contributed by atoms with Gasteiger partial charge in [-0.3, -0.25) is 4.79 Å². The van der Waals surface area contributed by atoms with E-state index >= 15 is 0 Å². The molecule has 5 nitrogen and oxygen atoms in total. The zero-order chi connectivity index (χ0) is 15.9. The van der Waals surface area contributed by atoms with E-state index in [0.717, 1.165) is 13.1 Å². The van der Waals surface area contributed by atoms with Gasteiger partial charge in [0.1, 0.15) is 11.5 Å². The largest absolute Gasteiger partial charge is 0.497 e. The van der Waals surface area contributed by atoms with E-state index in [1.807, 2.05) is 6.07 Å². The summed E-state index contributed by atoms with van der Waals surface area (Å²) in [5.74, 6) is 2.29. The van der Waals surface area contributed by atoms with Gasteiger partial charge in [0.15, 0.2) is 0 Å². The predicted molar refractivity (Wildman–Crippen MR) is 87.6 cm³/mol. The topological polar surface area (TPSA) is 59.6 Å². The van der Waals surface area contributed by atoms with Crippen LogP contribution in [0, 0.1) is 11.8 Å². The SMILES string of the molecule is COc1ccc(OC)c(NC(=O)CC(C)C2CCCNC2)c1. The Hall–Kier alpha value is -1.75. The molecule has 0 saturated carbocycles. The van der Waals surface area contributed by atoms with Crippen molar-refractivity contribution >= 4 is 11.6 Å². The molecule has 2 rings (SSSR count). The number of carbonyl (C=O) groups excluding carboxylic acids is 1. The molecule has 5 heteroatoms. The van der Waals surface area contributed by atoms with Gasteiger partial charge < -0.3 is 20.1 Å². The highest BCUT2D eigenvalue weighted by molar-refractivity contribution is 5.92. The van der Waals surface area contributed by atoms with E-state index in [9.17, 15) is 4.79 Å². The molecule has 1 amide bonds. The summed E-state index contributed by atoms with van der Waals surface area (Å²) < 4.78 is 10.5. The number of benzene rings is 1.